The summed E-state index contributed by atoms with van der Waals surface area (Å²) in [6, 6.07) is 19.9. The first kappa shape index (κ1) is 18.1. The van der Waals surface area contributed by atoms with Gasteiger partial charge in [0.25, 0.3) is 0 Å². The molecule has 0 saturated heterocycles. The Bertz CT molecular complexity index is 1010. The quantitative estimate of drug-likeness (QED) is 0.560. The van der Waals surface area contributed by atoms with E-state index in [-0.39, 0.29) is 18.4 Å². The second-order valence-corrected chi connectivity index (χ2v) is 6.25. The van der Waals surface area contributed by atoms with Crippen molar-refractivity contribution in [1.29, 1.82) is 0 Å². The molecule has 2 N–H and O–H groups in total. The summed E-state index contributed by atoms with van der Waals surface area (Å²) in [4.78, 5) is 4.39. The molecule has 2 aromatic carbocycles. The number of aromatic nitrogens is 2. The predicted octanol–water partition coefficient (Wildman–Crippen LogP) is 4.86. The van der Waals surface area contributed by atoms with Crippen LogP contribution in [-0.4, -0.2) is 10.1 Å². The highest BCUT2D eigenvalue weighted by Gasteiger charge is 2.18. The van der Waals surface area contributed by atoms with Crippen LogP contribution in [-0.2, 0) is 6.42 Å². The van der Waals surface area contributed by atoms with Gasteiger partial charge in [-0.05, 0) is 42.8 Å². The van der Waals surface area contributed by atoms with Gasteiger partial charge in [-0.25, -0.2) is 0 Å². The van der Waals surface area contributed by atoms with Crippen molar-refractivity contribution in [3.8, 4) is 11.3 Å². The van der Waals surface area contributed by atoms with Gasteiger partial charge in [0.2, 0.25) is 0 Å². The molecule has 0 unspecified atom stereocenters. The molecule has 0 saturated carbocycles. The van der Waals surface area contributed by atoms with Gasteiger partial charge in [0, 0.05) is 35.3 Å². The predicted molar refractivity (Wildman–Crippen MR) is 106 cm³/mol. The van der Waals surface area contributed by atoms with Gasteiger partial charge in [-0.2, -0.15) is 0 Å². The Morgan fingerprint density at radius 2 is 1.85 bits per heavy atom. The van der Waals surface area contributed by atoms with Crippen LogP contribution in [0.15, 0.2) is 71.4 Å². The number of hydrogen-bond acceptors (Lipinski definition) is 4. The van der Waals surface area contributed by atoms with Gasteiger partial charge in [-0.15, -0.1) is 12.4 Å². The van der Waals surface area contributed by atoms with E-state index in [2.05, 4.69) is 35.3 Å². The molecule has 0 radical (unpaired) electrons. The van der Waals surface area contributed by atoms with Crippen molar-refractivity contribution < 1.29 is 4.52 Å². The molecule has 2 heterocycles. The number of nitrogens with two attached hydrogens (primary N) is 1. The number of pyridine rings is 1. The molecule has 26 heavy (non-hydrogen) atoms. The maximum Gasteiger partial charge on any atom is 0.167 e. The number of halogens is 1. The Morgan fingerprint density at radius 3 is 2.65 bits per heavy atom. The number of rotatable bonds is 4. The highest BCUT2D eigenvalue weighted by molar-refractivity contribution is 5.92. The zero-order valence-corrected chi connectivity index (χ0v) is 15.2. The molecular weight excluding hydrogens is 346 g/mol. The molecule has 0 amide bonds. The monoisotopic (exact) mass is 365 g/mol. The Balaban J connectivity index is 0.00000196. The lowest BCUT2D eigenvalue weighted by Crippen LogP contribution is -2.15. The van der Waals surface area contributed by atoms with E-state index < -0.39 is 0 Å². The van der Waals surface area contributed by atoms with Crippen LogP contribution < -0.4 is 5.73 Å². The number of nitrogens with zero attached hydrogens (tertiary/aromatic N) is 2. The molecule has 4 aromatic rings. The lowest BCUT2D eigenvalue weighted by molar-refractivity contribution is 0.459. The fourth-order valence-electron chi connectivity index (χ4n) is 3.13. The number of aryl methyl sites for hydroxylation is 1. The number of para-hydroxylation sites is 1. The van der Waals surface area contributed by atoms with E-state index in [1.165, 1.54) is 0 Å². The summed E-state index contributed by atoms with van der Waals surface area (Å²) in [5.41, 5.74) is 12.4. The molecule has 5 heteroatoms. The summed E-state index contributed by atoms with van der Waals surface area (Å²) >= 11 is 0. The standard InChI is InChI=1S/C21H19N3O.ClH/c1-14-9-10-16(19(22)13-15-6-4-5-11-23-15)18(12-14)21-17-7-2-3-8-20(17)25-24-21;/h2-12,19H,13,22H2,1H3;1H/t19-;/m0./s1. The van der Waals surface area contributed by atoms with Crippen molar-refractivity contribution in [3.63, 3.8) is 0 Å². The first-order valence-corrected chi connectivity index (χ1v) is 8.33. The molecular formula is C21H20ClN3O. The third-order valence-corrected chi connectivity index (χ3v) is 4.40. The SMILES string of the molecule is Cc1ccc([C@@H](N)Cc2ccccn2)c(-c2noc3ccccc23)c1.Cl. The van der Waals surface area contributed by atoms with E-state index in [1.807, 2.05) is 42.5 Å². The van der Waals surface area contributed by atoms with Gasteiger partial charge < -0.3 is 10.3 Å². The van der Waals surface area contributed by atoms with Gasteiger partial charge in [0.1, 0.15) is 5.69 Å². The Labute approximate surface area is 158 Å². The minimum absolute atomic E-state index is 0. The second kappa shape index (κ2) is 7.68. The van der Waals surface area contributed by atoms with Crippen LogP contribution in [0.4, 0.5) is 0 Å². The van der Waals surface area contributed by atoms with Crippen LogP contribution >= 0.6 is 12.4 Å². The Kier molecular flexibility index (Phi) is 5.35. The third kappa shape index (κ3) is 3.47. The topological polar surface area (TPSA) is 64.9 Å². The Morgan fingerprint density at radius 1 is 1.04 bits per heavy atom. The van der Waals surface area contributed by atoms with E-state index in [0.29, 0.717) is 6.42 Å². The highest BCUT2D eigenvalue weighted by atomic mass is 35.5. The van der Waals surface area contributed by atoms with Crippen molar-refractivity contribution in [3.05, 3.63) is 83.7 Å². The van der Waals surface area contributed by atoms with Gasteiger partial charge in [-0.3, -0.25) is 4.98 Å². The molecule has 132 valence electrons. The van der Waals surface area contributed by atoms with Crippen LogP contribution in [0.3, 0.4) is 0 Å². The van der Waals surface area contributed by atoms with E-state index >= 15 is 0 Å². The summed E-state index contributed by atoms with van der Waals surface area (Å²) in [5.74, 6) is 0. The van der Waals surface area contributed by atoms with Crippen LogP contribution in [0.25, 0.3) is 22.2 Å². The maximum atomic E-state index is 6.53. The van der Waals surface area contributed by atoms with E-state index in [9.17, 15) is 0 Å². The molecule has 4 nitrogen and oxygen atoms in total. The van der Waals surface area contributed by atoms with Crippen LogP contribution in [0.1, 0.15) is 22.9 Å². The van der Waals surface area contributed by atoms with Gasteiger partial charge in [0.15, 0.2) is 5.58 Å². The fourth-order valence-corrected chi connectivity index (χ4v) is 3.13. The zero-order chi connectivity index (χ0) is 17.2. The van der Waals surface area contributed by atoms with Crippen molar-refractivity contribution in [2.45, 2.75) is 19.4 Å². The van der Waals surface area contributed by atoms with Crippen molar-refractivity contribution in [2.75, 3.05) is 0 Å². The van der Waals surface area contributed by atoms with Gasteiger partial charge in [0.05, 0.1) is 0 Å². The molecule has 1 atom stereocenters. The van der Waals surface area contributed by atoms with Crippen LogP contribution in [0, 0.1) is 6.92 Å². The first-order chi connectivity index (χ1) is 12.2. The van der Waals surface area contributed by atoms with Crippen molar-refractivity contribution in [2.24, 2.45) is 5.73 Å². The molecule has 0 aliphatic carbocycles. The molecule has 0 fully saturated rings. The van der Waals surface area contributed by atoms with Crippen molar-refractivity contribution >= 4 is 23.4 Å². The molecule has 0 spiro atoms. The summed E-state index contributed by atoms with van der Waals surface area (Å²) < 4.78 is 5.49. The summed E-state index contributed by atoms with van der Waals surface area (Å²) in [6.07, 6.45) is 2.47. The summed E-state index contributed by atoms with van der Waals surface area (Å²) in [6.45, 7) is 2.07. The van der Waals surface area contributed by atoms with Crippen molar-refractivity contribution in [1.82, 2.24) is 10.1 Å². The minimum Gasteiger partial charge on any atom is -0.356 e. The number of benzene rings is 2. The molecule has 2 aromatic heterocycles. The molecule has 0 bridgehead atoms. The van der Waals surface area contributed by atoms with Crippen LogP contribution in [0.5, 0.6) is 0 Å². The van der Waals surface area contributed by atoms with Gasteiger partial charge >= 0.3 is 0 Å². The summed E-state index contributed by atoms with van der Waals surface area (Å²) in [7, 11) is 0. The molecule has 0 aliphatic rings. The average molecular weight is 366 g/mol. The van der Waals surface area contributed by atoms with Gasteiger partial charge in [-0.1, -0.05) is 41.1 Å². The second-order valence-electron chi connectivity index (χ2n) is 6.25. The smallest absolute Gasteiger partial charge is 0.167 e. The normalized spacial score (nSPS) is 11.9. The lowest BCUT2D eigenvalue weighted by Gasteiger charge is -2.16. The highest BCUT2D eigenvalue weighted by Crippen LogP contribution is 2.33. The number of hydrogen-bond donors (Lipinski definition) is 1. The molecule has 4 rings (SSSR count). The first-order valence-electron chi connectivity index (χ1n) is 8.33. The molecule has 0 aliphatic heterocycles. The third-order valence-electron chi connectivity index (χ3n) is 4.40. The van der Waals surface area contributed by atoms with E-state index in [4.69, 9.17) is 10.3 Å². The Hall–Kier alpha value is -2.69. The maximum absolute atomic E-state index is 6.53. The largest absolute Gasteiger partial charge is 0.356 e. The lowest BCUT2D eigenvalue weighted by atomic mass is 9.93. The van der Waals surface area contributed by atoms with Crippen LogP contribution in [0.2, 0.25) is 0 Å². The summed E-state index contributed by atoms with van der Waals surface area (Å²) in [5, 5.41) is 5.31. The zero-order valence-electron chi connectivity index (χ0n) is 14.4. The van der Waals surface area contributed by atoms with E-state index in [1.54, 1.807) is 6.20 Å². The fraction of sp³-hybridized carbons (Fsp3) is 0.143. The van der Waals surface area contributed by atoms with E-state index in [0.717, 1.165) is 39.0 Å². The number of fused-ring (bicyclic) bond motifs is 1. The average Bonchev–Trinajstić information content (AvgIpc) is 3.06. The minimum atomic E-state index is -0.166.